The molecule has 0 radical (unpaired) electrons. The van der Waals surface area contributed by atoms with E-state index in [9.17, 15) is 4.79 Å². The summed E-state index contributed by atoms with van der Waals surface area (Å²) in [7, 11) is 4.08. The van der Waals surface area contributed by atoms with Crippen LogP contribution in [0.3, 0.4) is 0 Å². The molecule has 2 aromatic carbocycles. The number of benzene rings is 2. The Morgan fingerprint density at radius 1 is 0.864 bits per heavy atom. The third-order valence-corrected chi connectivity index (χ3v) is 3.34. The standard InChI is InChI=1S/C18H23N3O/c1-21(2)14-17-11-7-6-10-16(17)13-20-18(22)19-12-15-8-4-3-5-9-15/h3-11H,12-14H2,1-2H3,(H2,19,20,22). The number of urea groups is 1. The summed E-state index contributed by atoms with van der Waals surface area (Å²) in [6, 6.07) is 17.9. The van der Waals surface area contributed by atoms with E-state index < -0.39 is 0 Å². The zero-order valence-electron chi connectivity index (χ0n) is 13.2. The smallest absolute Gasteiger partial charge is 0.315 e. The summed E-state index contributed by atoms with van der Waals surface area (Å²) in [6.07, 6.45) is 0. The molecule has 0 saturated carbocycles. The first-order chi connectivity index (χ1) is 10.6. The first-order valence-corrected chi connectivity index (χ1v) is 7.42. The molecule has 4 heteroatoms. The fourth-order valence-electron chi connectivity index (χ4n) is 2.24. The van der Waals surface area contributed by atoms with Gasteiger partial charge in [0.2, 0.25) is 0 Å². The van der Waals surface area contributed by atoms with Crippen molar-refractivity contribution in [3.63, 3.8) is 0 Å². The Balaban J connectivity index is 1.83. The molecule has 0 fully saturated rings. The van der Waals surface area contributed by atoms with Gasteiger partial charge in [-0.2, -0.15) is 0 Å². The summed E-state index contributed by atoms with van der Waals surface area (Å²) in [6.45, 7) is 1.93. The average Bonchev–Trinajstić information content (AvgIpc) is 2.52. The summed E-state index contributed by atoms with van der Waals surface area (Å²) in [4.78, 5) is 14.0. The molecule has 0 atom stereocenters. The Kier molecular flexibility index (Phi) is 5.98. The van der Waals surface area contributed by atoms with Gasteiger partial charge in [-0.3, -0.25) is 0 Å². The Bertz CT molecular complexity index is 596. The van der Waals surface area contributed by atoms with Crippen molar-refractivity contribution in [2.45, 2.75) is 19.6 Å². The zero-order chi connectivity index (χ0) is 15.8. The maximum Gasteiger partial charge on any atom is 0.315 e. The van der Waals surface area contributed by atoms with Crippen molar-refractivity contribution in [1.29, 1.82) is 0 Å². The summed E-state index contributed by atoms with van der Waals surface area (Å²) in [5, 5.41) is 5.78. The number of carbonyl (C=O) groups excluding carboxylic acids is 1. The van der Waals surface area contributed by atoms with E-state index in [1.807, 2.05) is 56.6 Å². The van der Waals surface area contributed by atoms with Gasteiger partial charge in [-0.1, -0.05) is 54.6 Å². The maximum absolute atomic E-state index is 11.9. The van der Waals surface area contributed by atoms with Crippen LogP contribution in [0.25, 0.3) is 0 Å². The Morgan fingerprint density at radius 2 is 1.45 bits per heavy atom. The minimum Gasteiger partial charge on any atom is -0.334 e. The van der Waals surface area contributed by atoms with Crippen molar-refractivity contribution in [3.05, 3.63) is 71.3 Å². The minimum absolute atomic E-state index is 0.150. The number of rotatable bonds is 6. The predicted molar refractivity (Wildman–Crippen MR) is 89.4 cm³/mol. The number of hydrogen-bond donors (Lipinski definition) is 2. The fourth-order valence-corrected chi connectivity index (χ4v) is 2.24. The van der Waals surface area contributed by atoms with Crippen LogP contribution in [-0.4, -0.2) is 25.0 Å². The highest BCUT2D eigenvalue weighted by atomic mass is 16.2. The molecule has 2 N–H and O–H groups in total. The lowest BCUT2D eigenvalue weighted by Crippen LogP contribution is -2.34. The normalized spacial score (nSPS) is 10.5. The molecule has 2 rings (SSSR count). The van der Waals surface area contributed by atoms with Gasteiger partial charge < -0.3 is 15.5 Å². The zero-order valence-corrected chi connectivity index (χ0v) is 13.2. The van der Waals surface area contributed by atoms with Crippen LogP contribution in [0.1, 0.15) is 16.7 Å². The number of nitrogens with zero attached hydrogens (tertiary/aromatic N) is 1. The number of hydrogen-bond acceptors (Lipinski definition) is 2. The first-order valence-electron chi connectivity index (χ1n) is 7.42. The van der Waals surface area contributed by atoms with E-state index in [0.29, 0.717) is 13.1 Å². The predicted octanol–water partition coefficient (Wildman–Crippen LogP) is 2.75. The molecule has 22 heavy (non-hydrogen) atoms. The number of nitrogens with one attached hydrogen (secondary N) is 2. The van der Waals surface area contributed by atoms with E-state index in [2.05, 4.69) is 27.7 Å². The van der Waals surface area contributed by atoms with Crippen LogP contribution in [0.5, 0.6) is 0 Å². The lowest BCUT2D eigenvalue weighted by atomic mass is 10.1. The molecular formula is C18H23N3O. The largest absolute Gasteiger partial charge is 0.334 e. The molecule has 0 aromatic heterocycles. The maximum atomic E-state index is 11.9. The minimum atomic E-state index is -0.150. The van der Waals surface area contributed by atoms with Crippen LogP contribution in [-0.2, 0) is 19.6 Å². The van der Waals surface area contributed by atoms with Crippen molar-refractivity contribution in [3.8, 4) is 0 Å². The van der Waals surface area contributed by atoms with Crippen molar-refractivity contribution in [2.24, 2.45) is 0 Å². The van der Waals surface area contributed by atoms with Gasteiger partial charge in [0.15, 0.2) is 0 Å². The van der Waals surface area contributed by atoms with Gasteiger partial charge in [0.1, 0.15) is 0 Å². The molecular weight excluding hydrogens is 274 g/mol. The van der Waals surface area contributed by atoms with Gasteiger partial charge in [-0.25, -0.2) is 4.79 Å². The molecule has 0 aliphatic carbocycles. The van der Waals surface area contributed by atoms with Crippen molar-refractivity contribution in [1.82, 2.24) is 15.5 Å². The van der Waals surface area contributed by atoms with E-state index >= 15 is 0 Å². The summed E-state index contributed by atoms with van der Waals surface area (Å²) in [5.74, 6) is 0. The summed E-state index contributed by atoms with van der Waals surface area (Å²) >= 11 is 0. The van der Waals surface area contributed by atoms with E-state index in [0.717, 1.165) is 17.7 Å². The third-order valence-electron chi connectivity index (χ3n) is 3.34. The van der Waals surface area contributed by atoms with Crippen LogP contribution in [0.2, 0.25) is 0 Å². The van der Waals surface area contributed by atoms with Gasteiger partial charge in [0, 0.05) is 19.6 Å². The highest BCUT2D eigenvalue weighted by Crippen LogP contribution is 2.10. The molecule has 0 unspecified atom stereocenters. The van der Waals surface area contributed by atoms with Gasteiger partial charge in [-0.05, 0) is 30.8 Å². The van der Waals surface area contributed by atoms with Crippen molar-refractivity contribution in [2.75, 3.05) is 14.1 Å². The first kappa shape index (κ1) is 16.0. The Morgan fingerprint density at radius 3 is 2.14 bits per heavy atom. The molecule has 0 heterocycles. The van der Waals surface area contributed by atoms with Crippen LogP contribution in [0.4, 0.5) is 4.79 Å². The SMILES string of the molecule is CN(C)Cc1ccccc1CNC(=O)NCc1ccccc1. The van der Waals surface area contributed by atoms with Gasteiger partial charge in [-0.15, -0.1) is 0 Å². The van der Waals surface area contributed by atoms with Crippen molar-refractivity contribution < 1.29 is 4.79 Å². The molecule has 2 aromatic rings. The number of amides is 2. The molecule has 116 valence electrons. The molecule has 0 aliphatic heterocycles. The average molecular weight is 297 g/mol. The fraction of sp³-hybridized carbons (Fsp3) is 0.278. The van der Waals surface area contributed by atoms with Crippen LogP contribution in [0.15, 0.2) is 54.6 Å². The van der Waals surface area contributed by atoms with E-state index in [4.69, 9.17) is 0 Å². The summed E-state index contributed by atoms with van der Waals surface area (Å²) in [5.41, 5.74) is 3.47. The van der Waals surface area contributed by atoms with Crippen LogP contribution < -0.4 is 10.6 Å². The second kappa shape index (κ2) is 8.20. The second-order valence-corrected chi connectivity index (χ2v) is 5.53. The summed E-state index contributed by atoms with van der Waals surface area (Å²) < 4.78 is 0. The molecule has 0 spiro atoms. The van der Waals surface area contributed by atoms with Crippen LogP contribution >= 0.6 is 0 Å². The van der Waals surface area contributed by atoms with E-state index in [1.54, 1.807) is 0 Å². The highest BCUT2D eigenvalue weighted by molar-refractivity contribution is 5.73. The van der Waals surface area contributed by atoms with Gasteiger partial charge >= 0.3 is 6.03 Å². The van der Waals surface area contributed by atoms with E-state index in [-0.39, 0.29) is 6.03 Å². The Hall–Kier alpha value is -2.33. The topological polar surface area (TPSA) is 44.4 Å². The molecule has 2 amide bonds. The Labute approximate surface area is 132 Å². The van der Waals surface area contributed by atoms with Crippen LogP contribution in [0, 0.1) is 0 Å². The highest BCUT2D eigenvalue weighted by Gasteiger charge is 2.05. The molecule has 0 aliphatic rings. The second-order valence-electron chi connectivity index (χ2n) is 5.53. The quantitative estimate of drug-likeness (QED) is 0.861. The molecule has 0 saturated heterocycles. The van der Waals surface area contributed by atoms with Gasteiger partial charge in [0.25, 0.3) is 0 Å². The third kappa shape index (κ3) is 5.22. The number of carbonyl (C=O) groups is 1. The van der Waals surface area contributed by atoms with Crippen molar-refractivity contribution >= 4 is 6.03 Å². The lowest BCUT2D eigenvalue weighted by molar-refractivity contribution is 0.240. The van der Waals surface area contributed by atoms with E-state index in [1.165, 1.54) is 5.56 Å². The lowest BCUT2D eigenvalue weighted by Gasteiger charge is -2.15. The van der Waals surface area contributed by atoms with Gasteiger partial charge in [0.05, 0.1) is 0 Å². The monoisotopic (exact) mass is 297 g/mol. The molecule has 4 nitrogen and oxygen atoms in total. The molecule has 0 bridgehead atoms.